The molecule has 0 spiro atoms. The first-order valence-corrected chi connectivity index (χ1v) is 6.87. The molecule has 0 bridgehead atoms. The SMILES string of the molecule is c1ccc(Oc2ncc(-c3ccn4nccc4c3)cn2)cc1. The molecule has 0 aliphatic heterocycles. The van der Waals surface area contributed by atoms with Crippen molar-refractivity contribution in [1.82, 2.24) is 19.6 Å². The van der Waals surface area contributed by atoms with Crippen LogP contribution in [0.25, 0.3) is 16.6 Å². The zero-order chi connectivity index (χ0) is 14.8. The summed E-state index contributed by atoms with van der Waals surface area (Å²) in [7, 11) is 0. The number of ether oxygens (including phenoxy) is 1. The van der Waals surface area contributed by atoms with Gasteiger partial charge in [0.25, 0.3) is 0 Å². The molecule has 0 radical (unpaired) electrons. The molecule has 0 saturated heterocycles. The Hall–Kier alpha value is -3.21. The molecule has 1 aromatic carbocycles. The van der Waals surface area contributed by atoms with Crippen molar-refractivity contribution in [2.24, 2.45) is 0 Å². The first-order chi connectivity index (χ1) is 10.9. The Morgan fingerprint density at radius 1 is 0.864 bits per heavy atom. The smallest absolute Gasteiger partial charge is 0.321 e. The predicted molar refractivity (Wildman–Crippen MR) is 82.7 cm³/mol. The molecule has 0 aliphatic rings. The summed E-state index contributed by atoms with van der Waals surface area (Å²) in [5.41, 5.74) is 3.01. The van der Waals surface area contributed by atoms with Crippen LogP contribution in [0, 0.1) is 0 Å². The van der Waals surface area contributed by atoms with Crippen molar-refractivity contribution in [3.63, 3.8) is 0 Å². The van der Waals surface area contributed by atoms with Gasteiger partial charge in [-0.1, -0.05) is 18.2 Å². The van der Waals surface area contributed by atoms with E-state index in [0.717, 1.165) is 22.4 Å². The minimum atomic E-state index is 0.334. The van der Waals surface area contributed by atoms with Gasteiger partial charge in [0.05, 0.1) is 5.52 Å². The molecular formula is C17H12N4O. The minimum absolute atomic E-state index is 0.334. The number of pyridine rings is 1. The number of nitrogens with zero attached hydrogens (tertiary/aromatic N) is 4. The fourth-order valence-electron chi connectivity index (χ4n) is 2.21. The van der Waals surface area contributed by atoms with Crippen molar-refractivity contribution < 1.29 is 4.74 Å². The number of hydrogen-bond donors (Lipinski definition) is 0. The molecule has 22 heavy (non-hydrogen) atoms. The van der Waals surface area contributed by atoms with Gasteiger partial charge in [0.2, 0.25) is 0 Å². The van der Waals surface area contributed by atoms with Crippen molar-refractivity contribution in [1.29, 1.82) is 0 Å². The third-order valence-electron chi connectivity index (χ3n) is 3.31. The Morgan fingerprint density at radius 2 is 1.68 bits per heavy atom. The molecule has 0 unspecified atom stereocenters. The summed E-state index contributed by atoms with van der Waals surface area (Å²) in [6.07, 6.45) is 7.20. The quantitative estimate of drug-likeness (QED) is 0.578. The molecule has 5 heteroatoms. The zero-order valence-corrected chi connectivity index (χ0v) is 11.6. The first kappa shape index (κ1) is 12.5. The summed E-state index contributed by atoms with van der Waals surface area (Å²) >= 11 is 0. The van der Waals surface area contributed by atoms with Crippen LogP contribution in [0.3, 0.4) is 0 Å². The van der Waals surface area contributed by atoms with Crippen molar-refractivity contribution >= 4 is 5.52 Å². The molecule has 0 fully saturated rings. The molecule has 0 atom stereocenters. The highest BCUT2D eigenvalue weighted by Gasteiger charge is 2.04. The van der Waals surface area contributed by atoms with E-state index in [0.29, 0.717) is 6.01 Å². The van der Waals surface area contributed by atoms with Crippen LogP contribution in [0.15, 0.2) is 73.3 Å². The van der Waals surface area contributed by atoms with Gasteiger partial charge in [-0.2, -0.15) is 5.10 Å². The summed E-state index contributed by atoms with van der Waals surface area (Å²) in [6.45, 7) is 0. The highest BCUT2D eigenvalue weighted by Crippen LogP contribution is 2.22. The van der Waals surface area contributed by atoms with Gasteiger partial charge in [-0.15, -0.1) is 0 Å². The minimum Gasteiger partial charge on any atom is -0.424 e. The molecule has 3 aromatic heterocycles. The Labute approximate surface area is 126 Å². The number of aromatic nitrogens is 4. The Balaban J connectivity index is 1.61. The van der Waals surface area contributed by atoms with E-state index in [2.05, 4.69) is 15.1 Å². The van der Waals surface area contributed by atoms with Crippen LogP contribution >= 0.6 is 0 Å². The summed E-state index contributed by atoms with van der Waals surface area (Å²) in [5.74, 6) is 0.718. The number of benzene rings is 1. The topological polar surface area (TPSA) is 52.3 Å². The van der Waals surface area contributed by atoms with Crippen LogP contribution in [0.1, 0.15) is 0 Å². The standard InChI is InChI=1S/C17H12N4O/c1-2-4-16(5-3-1)22-17-18-11-14(12-19-17)13-7-9-21-15(10-13)6-8-20-21/h1-12H. The third-order valence-corrected chi connectivity index (χ3v) is 3.31. The average Bonchev–Trinajstić information content (AvgIpc) is 3.04. The second-order valence-corrected chi connectivity index (χ2v) is 4.79. The molecule has 4 aromatic rings. The van der Waals surface area contributed by atoms with Crippen LogP contribution in [-0.4, -0.2) is 19.6 Å². The molecule has 0 saturated carbocycles. The van der Waals surface area contributed by atoms with Gasteiger partial charge < -0.3 is 4.74 Å². The van der Waals surface area contributed by atoms with E-state index in [1.54, 1.807) is 18.6 Å². The van der Waals surface area contributed by atoms with E-state index in [1.165, 1.54) is 0 Å². The summed E-state index contributed by atoms with van der Waals surface area (Å²) in [4.78, 5) is 8.52. The molecule has 106 valence electrons. The molecule has 0 N–H and O–H groups in total. The van der Waals surface area contributed by atoms with E-state index in [4.69, 9.17) is 4.74 Å². The van der Waals surface area contributed by atoms with Crippen LogP contribution in [0.2, 0.25) is 0 Å². The fraction of sp³-hybridized carbons (Fsp3) is 0. The fourth-order valence-corrected chi connectivity index (χ4v) is 2.21. The molecule has 5 nitrogen and oxygen atoms in total. The number of para-hydroxylation sites is 1. The van der Waals surface area contributed by atoms with Gasteiger partial charge >= 0.3 is 6.01 Å². The number of rotatable bonds is 3. The lowest BCUT2D eigenvalue weighted by molar-refractivity contribution is 0.442. The van der Waals surface area contributed by atoms with Gasteiger partial charge in [0, 0.05) is 30.4 Å². The largest absolute Gasteiger partial charge is 0.424 e. The lowest BCUT2D eigenvalue weighted by Gasteiger charge is -2.05. The average molecular weight is 288 g/mol. The molecule has 4 rings (SSSR count). The maximum Gasteiger partial charge on any atom is 0.321 e. The predicted octanol–water partition coefficient (Wildman–Crippen LogP) is 3.58. The number of hydrogen-bond acceptors (Lipinski definition) is 4. The monoisotopic (exact) mass is 288 g/mol. The van der Waals surface area contributed by atoms with Crippen molar-refractivity contribution in [3.05, 3.63) is 73.3 Å². The van der Waals surface area contributed by atoms with Gasteiger partial charge in [0.1, 0.15) is 5.75 Å². The Bertz CT molecular complexity index is 901. The summed E-state index contributed by atoms with van der Waals surface area (Å²) < 4.78 is 7.41. The van der Waals surface area contributed by atoms with Crippen molar-refractivity contribution in [2.75, 3.05) is 0 Å². The van der Waals surface area contributed by atoms with Crippen LogP contribution in [-0.2, 0) is 0 Å². The van der Waals surface area contributed by atoms with E-state index >= 15 is 0 Å². The normalized spacial score (nSPS) is 10.7. The van der Waals surface area contributed by atoms with Crippen molar-refractivity contribution in [3.8, 4) is 22.9 Å². The number of fused-ring (bicyclic) bond motifs is 1. The van der Waals surface area contributed by atoms with Crippen molar-refractivity contribution in [2.45, 2.75) is 0 Å². The highest BCUT2D eigenvalue weighted by atomic mass is 16.5. The van der Waals surface area contributed by atoms with Gasteiger partial charge in [-0.3, -0.25) is 0 Å². The molecule has 0 aliphatic carbocycles. The van der Waals surface area contributed by atoms with Crippen LogP contribution in [0.4, 0.5) is 0 Å². The van der Waals surface area contributed by atoms with E-state index < -0.39 is 0 Å². The van der Waals surface area contributed by atoms with Gasteiger partial charge in [-0.05, 0) is 35.9 Å². The maximum absolute atomic E-state index is 5.59. The van der Waals surface area contributed by atoms with E-state index in [9.17, 15) is 0 Å². The zero-order valence-electron chi connectivity index (χ0n) is 11.6. The summed E-state index contributed by atoms with van der Waals surface area (Å²) in [5, 5.41) is 4.18. The van der Waals surface area contributed by atoms with Gasteiger partial charge in [-0.25, -0.2) is 14.5 Å². The Morgan fingerprint density at radius 3 is 2.50 bits per heavy atom. The summed E-state index contributed by atoms with van der Waals surface area (Å²) in [6, 6.07) is 15.8. The van der Waals surface area contributed by atoms with E-state index in [-0.39, 0.29) is 0 Å². The Kier molecular flexibility index (Phi) is 3.01. The third kappa shape index (κ3) is 2.40. The van der Waals surface area contributed by atoms with Crippen LogP contribution < -0.4 is 4.74 Å². The van der Waals surface area contributed by atoms with Crippen LogP contribution in [0.5, 0.6) is 11.8 Å². The highest BCUT2D eigenvalue weighted by molar-refractivity contribution is 5.67. The second-order valence-electron chi connectivity index (χ2n) is 4.79. The molecule has 0 amide bonds. The lowest BCUT2D eigenvalue weighted by atomic mass is 10.1. The lowest BCUT2D eigenvalue weighted by Crippen LogP contribution is -1.92. The second kappa shape index (κ2) is 5.29. The van der Waals surface area contributed by atoms with Gasteiger partial charge in [0.15, 0.2) is 0 Å². The van der Waals surface area contributed by atoms with E-state index in [1.807, 2.05) is 59.2 Å². The first-order valence-electron chi connectivity index (χ1n) is 6.87. The maximum atomic E-state index is 5.59. The molecule has 3 heterocycles. The molecular weight excluding hydrogens is 276 g/mol.